The first kappa shape index (κ1) is 14.1. The third-order valence-electron chi connectivity index (χ3n) is 3.60. The van der Waals surface area contributed by atoms with Gasteiger partial charge in [0.25, 0.3) is 5.89 Å². The van der Waals surface area contributed by atoms with Gasteiger partial charge in [0.15, 0.2) is 11.6 Å². The number of hydrogen-bond donors (Lipinski definition) is 1. The molecule has 19 heavy (non-hydrogen) atoms. The molecule has 3 rings (SSSR count). The Labute approximate surface area is 118 Å². The number of hydrogen-bond acceptors (Lipinski definition) is 5. The van der Waals surface area contributed by atoms with Crippen molar-refractivity contribution in [2.75, 3.05) is 0 Å². The molecule has 104 valence electrons. The number of furan rings is 1. The van der Waals surface area contributed by atoms with Crippen molar-refractivity contribution in [3.8, 4) is 11.7 Å². The summed E-state index contributed by atoms with van der Waals surface area (Å²) in [5.74, 6) is 2.51. The van der Waals surface area contributed by atoms with Crippen molar-refractivity contribution in [1.82, 2.24) is 10.1 Å². The highest BCUT2D eigenvalue weighted by Gasteiger charge is 2.36. The molecule has 1 aliphatic rings. The number of aromatic nitrogens is 2. The predicted octanol–water partition coefficient (Wildman–Crippen LogP) is 3.10. The maximum Gasteiger partial charge on any atom is 0.293 e. The van der Waals surface area contributed by atoms with E-state index in [1.807, 2.05) is 19.9 Å². The van der Waals surface area contributed by atoms with Crippen molar-refractivity contribution >= 4 is 12.4 Å². The van der Waals surface area contributed by atoms with Crippen LogP contribution in [-0.4, -0.2) is 10.1 Å². The third-order valence-corrected chi connectivity index (χ3v) is 3.60. The molecular weight excluding hydrogens is 266 g/mol. The number of aryl methyl sites for hydroxylation is 2. The molecule has 0 amide bonds. The summed E-state index contributed by atoms with van der Waals surface area (Å²) in [6.45, 7) is 3.86. The minimum atomic E-state index is -0.419. The fourth-order valence-corrected chi connectivity index (χ4v) is 2.60. The lowest BCUT2D eigenvalue weighted by molar-refractivity contribution is 0.367. The maximum absolute atomic E-state index is 6.30. The number of nitrogens with zero attached hydrogens (tertiary/aromatic N) is 2. The van der Waals surface area contributed by atoms with Gasteiger partial charge in [-0.15, -0.1) is 12.4 Å². The van der Waals surface area contributed by atoms with Gasteiger partial charge in [-0.25, -0.2) is 0 Å². The van der Waals surface area contributed by atoms with E-state index in [9.17, 15) is 0 Å². The summed E-state index contributed by atoms with van der Waals surface area (Å²) >= 11 is 0. The lowest BCUT2D eigenvalue weighted by Gasteiger charge is -2.17. The van der Waals surface area contributed by atoms with Crippen molar-refractivity contribution in [2.24, 2.45) is 5.73 Å². The lowest BCUT2D eigenvalue weighted by Crippen LogP contribution is -2.34. The van der Waals surface area contributed by atoms with Crippen LogP contribution in [0.4, 0.5) is 0 Å². The summed E-state index contributed by atoms with van der Waals surface area (Å²) < 4.78 is 10.9. The molecule has 1 fully saturated rings. The molecule has 1 aliphatic carbocycles. The molecule has 6 heteroatoms. The van der Waals surface area contributed by atoms with E-state index in [1.165, 1.54) is 0 Å². The molecular formula is C13H18ClN3O2. The predicted molar refractivity (Wildman–Crippen MR) is 73.1 cm³/mol. The van der Waals surface area contributed by atoms with E-state index in [-0.39, 0.29) is 12.4 Å². The van der Waals surface area contributed by atoms with Crippen LogP contribution in [0.5, 0.6) is 0 Å². The topological polar surface area (TPSA) is 78.1 Å². The minimum absolute atomic E-state index is 0. The second-order valence-corrected chi connectivity index (χ2v) is 5.16. The SMILES string of the molecule is Cc1cc(C)c(-c2nc(C3(N)CCCC3)no2)o1.Cl. The van der Waals surface area contributed by atoms with Crippen molar-refractivity contribution in [2.45, 2.75) is 45.1 Å². The van der Waals surface area contributed by atoms with E-state index < -0.39 is 5.54 Å². The van der Waals surface area contributed by atoms with Crippen LogP contribution in [-0.2, 0) is 5.54 Å². The average Bonchev–Trinajstić information content (AvgIpc) is 2.99. The highest BCUT2D eigenvalue weighted by atomic mass is 35.5. The van der Waals surface area contributed by atoms with Crippen LogP contribution in [0.2, 0.25) is 0 Å². The zero-order chi connectivity index (χ0) is 12.8. The van der Waals surface area contributed by atoms with Crippen LogP contribution in [0.15, 0.2) is 15.0 Å². The zero-order valence-electron chi connectivity index (χ0n) is 11.1. The molecule has 2 aromatic heterocycles. The molecule has 2 heterocycles. The Balaban J connectivity index is 0.00000133. The molecule has 2 N–H and O–H groups in total. The maximum atomic E-state index is 6.30. The Hall–Kier alpha value is -1.33. The largest absolute Gasteiger partial charge is 0.456 e. The molecule has 0 spiro atoms. The fourth-order valence-electron chi connectivity index (χ4n) is 2.60. The Bertz CT molecular complexity index is 570. The normalized spacial score (nSPS) is 17.4. The number of halogens is 1. The van der Waals surface area contributed by atoms with E-state index in [1.54, 1.807) is 0 Å². The van der Waals surface area contributed by atoms with E-state index in [2.05, 4.69) is 10.1 Å². The highest BCUT2D eigenvalue weighted by Crippen LogP contribution is 2.36. The molecule has 5 nitrogen and oxygen atoms in total. The first-order valence-electron chi connectivity index (χ1n) is 6.29. The van der Waals surface area contributed by atoms with Gasteiger partial charge in [-0.3, -0.25) is 0 Å². The highest BCUT2D eigenvalue weighted by molar-refractivity contribution is 5.85. The number of nitrogens with two attached hydrogens (primary N) is 1. The van der Waals surface area contributed by atoms with Gasteiger partial charge in [-0.1, -0.05) is 18.0 Å². The Kier molecular flexibility index (Phi) is 3.69. The van der Waals surface area contributed by atoms with Crippen LogP contribution in [0.1, 0.15) is 42.8 Å². The van der Waals surface area contributed by atoms with Gasteiger partial charge < -0.3 is 14.7 Å². The van der Waals surface area contributed by atoms with Crippen LogP contribution in [0.25, 0.3) is 11.7 Å². The van der Waals surface area contributed by atoms with Crippen LogP contribution < -0.4 is 5.73 Å². The first-order valence-corrected chi connectivity index (χ1v) is 6.29. The molecule has 1 saturated carbocycles. The van der Waals surface area contributed by atoms with Gasteiger partial charge in [0.2, 0.25) is 0 Å². The van der Waals surface area contributed by atoms with Crippen molar-refractivity contribution in [3.63, 3.8) is 0 Å². The molecule has 0 radical (unpaired) electrons. The van der Waals surface area contributed by atoms with Crippen LogP contribution in [0, 0.1) is 13.8 Å². The summed E-state index contributed by atoms with van der Waals surface area (Å²) in [5, 5.41) is 4.03. The first-order chi connectivity index (χ1) is 8.58. The van der Waals surface area contributed by atoms with Crippen LogP contribution in [0.3, 0.4) is 0 Å². The van der Waals surface area contributed by atoms with Gasteiger partial charge in [0.05, 0.1) is 5.54 Å². The van der Waals surface area contributed by atoms with Crippen molar-refractivity contribution in [1.29, 1.82) is 0 Å². The van der Waals surface area contributed by atoms with Crippen molar-refractivity contribution in [3.05, 3.63) is 23.2 Å². The van der Waals surface area contributed by atoms with Gasteiger partial charge in [0, 0.05) is 5.56 Å². The summed E-state index contributed by atoms with van der Waals surface area (Å²) in [6.07, 6.45) is 4.09. The molecule has 0 atom stereocenters. The minimum Gasteiger partial charge on any atom is -0.456 e. The Morgan fingerprint density at radius 1 is 1.26 bits per heavy atom. The standard InChI is InChI=1S/C13H17N3O2.ClH/c1-8-7-9(2)17-10(8)11-15-12(16-18-11)13(14)5-3-4-6-13;/h7H,3-6,14H2,1-2H3;1H. The monoisotopic (exact) mass is 283 g/mol. The summed E-state index contributed by atoms with van der Waals surface area (Å²) in [7, 11) is 0. The Morgan fingerprint density at radius 2 is 1.95 bits per heavy atom. The zero-order valence-corrected chi connectivity index (χ0v) is 11.9. The average molecular weight is 284 g/mol. The molecule has 0 aliphatic heterocycles. The van der Waals surface area contributed by atoms with E-state index in [0.717, 1.165) is 37.0 Å². The number of rotatable bonds is 2. The third kappa shape index (κ3) is 2.40. The lowest BCUT2D eigenvalue weighted by atomic mass is 9.99. The Morgan fingerprint density at radius 3 is 2.53 bits per heavy atom. The van der Waals surface area contributed by atoms with E-state index >= 15 is 0 Å². The second kappa shape index (κ2) is 4.98. The molecule has 2 aromatic rings. The molecule has 0 unspecified atom stereocenters. The van der Waals surface area contributed by atoms with Gasteiger partial charge in [0.1, 0.15) is 5.76 Å². The molecule has 0 saturated heterocycles. The smallest absolute Gasteiger partial charge is 0.293 e. The quantitative estimate of drug-likeness (QED) is 0.916. The summed E-state index contributed by atoms with van der Waals surface area (Å²) in [6, 6.07) is 1.95. The second-order valence-electron chi connectivity index (χ2n) is 5.16. The van der Waals surface area contributed by atoms with Crippen LogP contribution >= 0.6 is 12.4 Å². The van der Waals surface area contributed by atoms with Gasteiger partial charge >= 0.3 is 0 Å². The molecule has 0 bridgehead atoms. The summed E-state index contributed by atoms with van der Waals surface area (Å²) in [4.78, 5) is 4.41. The van der Waals surface area contributed by atoms with E-state index in [4.69, 9.17) is 14.7 Å². The van der Waals surface area contributed by atoms with Gasteiger partial charge in [-0.2, -0.15) is 4.98 Å². The summed E-state index contributed by atoms with van der Waals surface area (Å²) in [5.41, 5.74) is 6.88. The molecule has 0 aromatic carbocycles. The van der Waals surface area contributed by atoms with Crippen molar-refractivity contribution < 1.29 is 8.94 Å². The van der Waals surface area contributed by atoms with Gasteiger partial charge in [-0.05, 0) is 32.8 Å². The fraction of sp³-hybridized carbons (Fsp3) is 0.538. The van der Waals surface area contributed by atoms with E-state index in [0.29, 0.717) is 17.5 Å².